The third-order valence-electron chi connectivity index (χ3n) is 2.41. The fraction of sp³-hybridized carbons (Fsp3) is 0.364. The summed E-state index contributed by atoms with van der Waals surface area (Å²) in [7, 11) is 0. The molecule has 0 spiro atoms. The fourth-order valence-corrected chi connectivity index (χ4v) is 1.48. The molecule has 0 aliphatic carbocycles. The van der Waals surface area contributed by atoms with Gasteiger partial charge in [0.15, 0.2) is 6.10 Å². The Hall–Kier alpha value is -1.35. The number of carboxylic acids is 1. The largest absolute Gasteiger partial charge is 0.479 e. The quantitative estimate of drug-likeness (QED) is 0.767. The van der Waals surface area contributed by atoms with Crippen molar-refractivity contribution in [2.45, 2.75) is 25.9 Å². The highest BCUT2D eigenvalue weighted by molar-refractivity contribution is 5.73. The van der Waals surface area contributed by atoms with Crippen molar-refractivity contribution in [3.63, 3.8) is 0 Å². The first-order valence-electron chi connectivity index (χ1n) is 4.50. The van der Waals surface area contributed by atoms with E-state index < -0.39 is 12.1 Å². The molecule has 14 heavy (non-hydrogen) atoms. The van der Waals surface area contributed by atoms with Crippen LogP contribution in [0.15, 0.2) is 24.3 Å². The Morgan fingerprint density at radius 2 is 1.93 bits per heavy atom. The molecule has 76 valence electrons. The van der Waals surface area contributed by atoms with Crippen molar-refractivity contribution in [1.29, 1.82) is 0 Å². The van der Waals surface area contributed by atoms with E-state index >= 15 is 0 Å². The minimum absolute atomic E-state index is 0.381. The molecule has 0 aromatic heterocycles. The summed E-state index contributed by atoms with van der Waals surface area (Å²) in [5.74, 6) is -1.56. The monoisotopic (exact) mass is 194 g/mol. The predicted octanol–water partition coefficient (Wildman–Crippen LogP) is 1.54. The van der Waals surface area contributed by atoms with Crippen molar-refractivity contribution in [1.82, 2.24) is 0 Å². The van der Waals surface area contributed by atoms with Crippen LogP contribution in [0.3, 0.4) is 0 Å². The summed E-state index contributed by atoms with van der Waals surface area (Å²) < 4.78 is 0. The molecule has 0 saturated carbocycles. The molecule has 0 radical (unpaired) electrons. The van der Waals surface area contributed by atoms with E-state index in [9.17, 15) is 9.90 Å². The van der Waals surface area contributed by atoms with Gasteiger partial charge >= 0.3 is 5.97 Å². The third kappa shape index (κ3) is 2.12. The maximum atomic E-state index is 10.6. The highest BCUT2D eigenvalue weighted by Gasteiger charge is 2.23. The molecule has 2 atom stereocenters. The summed E-state index contributed by atoms with van der Waals surface area (Å²) in [4.78, 5) is 10.6. The standard InChI is InChI=1S/C11H14O3/c1-7-5-3-4-6-9(7)8(2)10(12)11(13)14/h3-6,8,10,12H,1-2H3,(H,13,14). The number of benzene rings is 1. The molecule has 0 aliphatic rings. The van der Waals surface area contributed by atoms with Crippen LogP contribution < -0.4 is 0 Å². The topological polar surface area (TPSA) is 57.5 Å². The molecule has 0 saturated heterocycles. The molecule has 0 fully saturated rings. The van der Waals surface area contributed by atoms with Gasteiger partial charge in [-0.15, -0.1) is 0 Å². The summed E-state index contributed by atoms with van der Waals surface area (Å²) in [6.07, 6.45) is -1.34. The Balaban J connectivity index is 2.94. The maximum Gasteiger partial charge on any atom is 0.333 e. The smallest absolute Gasteiger partial charge is 0.333 e. The van der Waals surface area contributed by atoms with Crippen molar-refractivity contribution in [2.24, 2.45) is 0 Å². The van der Waals surface area contributed by atoms with Crippen LogP contribution >= 0.6 is 0 Å². The molecule has 1 rings (SSSR count). The number of rotatable bonds is 3. The fourth-order valence-electron chi connectivity index (χ4n) is 1.48. The normalized spacial score (nSPS) is 14.8. The first kappa shape index (κ1) is 10.7. The zero-order valence-corrected chi connectivity index (χ0v) is 8.27. The van der Waals surface area contributed by atoms with Crippen molar-refractivity contribution in [3.8, 4) is 0 Å². The number of hydrogen-bond donors (Lipinski definition) is 2. The van der Waals surface area contributed by atoms with Gasteiger partial charge in [0, 0.05) is 5.92 Å². The van der Waals surface area contributed by atoms with E-state index in [-0.39, 0.29) is 5.92 Å². The highest BCUT2D eigenvalue weighted by Crippen LogP contribution is 2.22. The molecule has 1 aromatic carbocycles. The Morgan fingerprint density at radius 1 is 1.36 bits per heavy atom. The predicted molar refractivity (Wildman–Crippen MR) is 53.2 cm³/mol. The van der Waals surface area contributed by atoms with Crippen LogP contribution in [0.2, 0.25) is 0 Å². The number of carboxylic acid groups (broad SMARTS) is 1. The van der Waals surface area contributed by atoms with E-state index in [4.69, 9.17) is 5.11 Å². The lowest BCUT2D eigenvalue weighted by molar-refractivity contribution is -0.147. The summed E-state index contributed by atoms with van der Waals surface area (Å²) in [6, 6.07) is 7.47. The molecule has 2 unspecified atom stereocenters. The molecule has 0 aliphatic heterocycles. The molecule has 0 amide bonds. The van der Waals surface area contributed by atoms with Gasteiger partial charge in [-0.1, -0.05) is 31.2 Å². The first-order chi connectivity index (χ1) is 6.54. The van der Waals surface area contributed by atoms with E-state index in [1.54, 1.807) is 6.92 Å². The maximum absolute atomic E-state index is 10.6. The number of aliphatic carboxylic acids is 1. The highest BCUT2D eigenvalue weighted by atomic mass is 16.4. The van der Waals surface area contributed by atoms with Crippen molar-refractivity contribution in [2.75, 3.05) is 0 Å². The van der Waals surface area contributed by atoms with Gasteiger partial charge in [0.1, 0.15) is 0 Å². The third-order valence-corrected chi connectivity index (χ3v) is 2.41. The Kier molecular flexibility index (Phi) is 3.25. The molecule has 1 aromatic rings. The molecule has 2 N–H and O–H groups in total. The van der Waals surface area contributed by atoms with Gasteiger partial charge in [0.05, 0.1) is 0 Å². The second-order valence-electron chi connectivity index (χ2n) is 3.43. The van der Waals surface area contributed by atoms with Crippen LogP contribution in [0.4, 0.5) is 0 Å². The van der Waals surface area contributed by atoms with Crippen molar-refractivity contribution in [3.05, 3.63) is 35.4 Å². The molecule has 3 nitrogen and oxygen atoms in total. The molecule has 3 heteroatoms. The van der Waals surface area contributed by atoms with Gasteiger partial charge in [-0.3, -0.25) is 0 Å². The van der Waals surface area contributed by atoms with Gasteiger partial charge in [-0.25, -0.2) is 4.79 Å². The van der Waals surface area contributed by atoms with E-state index in [0.29, 0.717) is 0 Å². The number of aliphatic hydroxyl groups is 1. The van der Waals surface area contributed by atoms with Crippen molar-refractivity contribution >= 4 is 5.97 Å². The van der Waals surface area contributed by atoms with E-state index in [1.165, 1.54) is 0 Å². The molecular weight excluding hydrogens is 180 g/mol. The van der Waals surface area contributed by atoms with E-state index in [1.807, 2.05) is 31.2 Å². The Labute approximate surface area is 83.0 Å². The molecule has 0 heterocycles. The zero-order chi connectivity index (χ0) is 10.7. The Bertz CT molecular complexity index is 333. The second-order valence-corrected chi connectivity index (χ2v) is 3.43. The van der Waals surface area contributed by atoms with Crippen LogP contribution in [0.25, 0.3) is 0 Å². The lowest BCUT2D eigenvalue weighted by Gasteiger charge is -2.17. The average Bonchev–Trinajstić information content (AvgIpc) is 2.16. The van der Waals surface area contributed by atoms with E-state index in [0.717, 1.165) is 11.1 Å². The number of carbonyl (C=O) groups is 1. The van der Waals surface area contributed by atoms with Gasteiger partial charge in [0.2, 0.25) is 0 Å². The number of aliphatic hydroxyl groups excluding tert-OH is 1. The number of aryl methyl sites for hydroxylation is 1. The van der Waals surface area contributed by atoms with Crippen LogP contribution in [0.1, 0.15) is 24.0 Å². The zero-order valence-electron chi connectivity index (χ0n) is 8.27. The molecule has 0 bridgehead atoms. The minimum Gasteiger partial charge on any atom is -0.479 e. The summed E-state index contributed by atoms with van der Waals surface area (Å²) in [5, 5.41) is 18.0. The van der Waals surface area contributed by atoms with Crippen LogP contribution in [0.5, 0.6) is 0 Å². The van der Waals surface area contributed by atoms with Crippen LogP contribution in [-0.2, 0) is 4.79 Å². The first-order valence-corrected chi connectivity index (χ1v) is 4.50. The van der Waals surface area contributed by atoms with Gasteiger partial charge in [0.25, 0.3) is 0 Å². The SMILES string of the molecule is Cc1ccccc1C(C)C(O)C(=O)O. The van der Waals surface area contributed by atoms with Gasteiger partial charge in [-0.2, -0.15) is 0 Å². The van der Waals surface area contributed by atoms with Gasteiger partial charge in [-0.05, 0) is 18.1 Å². The summed E-state index contributed by atoms with van der Waals surface area (Å²) in [6.45, 7) is 3.61. The lowest BCUT2D eigenvalue weighted by atomic mass is 9.92. The summed E-state index contributed by atoms with van der Waals surface area (Å²) in [5.41, 5.74) is 1.88. The second kappa shape index (κ2) is 4.24. The van der Waals surface area contributed by atoms with E-state index in [2.05, 4.69) is 0 Å². The minimum atomic E-state index is -1.34. The average molecular weight is 194 g/mol. The number of hydrogen-bond acceptors (Lipinski definition) is 2. The van der Waals surface area contributed by atoms with Crippen molar-refractivity contribution < 1.29 is 15.0 Å². The van der Waals surface area contributed by atoms with Gasteiger partial charge < -0.3 is 10.2 Å². The lowest BCUT2D eigenvalue weighted by Crippen LogP contribution is -2.26. The summed E-state index contributed by atoms with van der Waals surface area (Å²) >= 11 is 0. The molecular formula is C11H14O3. The van der Waals surface area contributed by atoms with Crippen LogP contribution in [-0.4, -0.2) is 22.3 Å². The van der Waals surface area contributed by atoms with Crippen LogP contribution in [0, 0.1) is 6.92 Å². The Morgan fingerprint density at radius 3 is 2.43 bits per heavy atom.